The van der Waals surface area contributed by atoms with Crippen LogP contribution in [0.25, 0.3) is 0 Å². The van der Waals surface area contributed by atoms with E-state index < -0.39 is 73.3 Å². The second-order valence-electron chi connectivity index (χ2n) is 27.3. The van der Waals surface area contributed by atoms with Crippen LogP contribution in [0.3, 0.4) is 0 Å². The molecular weight excluding hydrogens is 945 g/mol. The second-order valence-corrected chi connectivity index (χ2v) is 27.3. The van der Waals surface area contributed by atoms with Gasteiger partial charge in [0.1, 0.15) is 54.3 Å². The predicted octanol–water partition coefficient (Wildman–Crippen LogP) is 7.63. The molecule has 7 fully saturated rings. The molecule has 0 radical (unpaired) electrons. The van der Waals surface area contributed by atoms with E-state index in [1.54, 1.807) is 0 Å². The third-order valence-corrected chi connectivity index (χ3v) is 22.8. The number of ketones is 1. The fraction of sp³-hybridized carbons (Fsp3) is 0.800. The van der Waals surface area contributed by atoms with Gasteiger partial charge < -0.3 is 59.8 Å². The minimum Gasteiger partial charge on any atom is -0.508 e. The molecule has 14 nitrogen and oxygen atoms in total. The van der Waals surface area contributed by atoms with Gasteiger partial charge >= 0.3 is 5.97 Å². The molecule has 5 saturated carbocycles. The van der Waals surface area contributed by atoms with Gasteiger partial charge in [0.25, 0.3) is 0 Å². The molecule has 74 heavy (non-hydrogen) atoms. The number of Topliss-reactive ketones (excluding diaryl/α,β-unsaturated/α-hetero) is 1. The normalized spacial score (nSPS) is 47.1. The molecule has 0 spiro atoms. The highest BCUT2D eigenvalue weighted by molar-refractivity contribution is 5.86. The van der Waals surface area contributed by atoms with Crippen LogP contribution in [0.1, 0.15) is 169 Å². The molecular formula is C60H90O14. The van der Waals surface area contributed by atoms with Crippen LogP contribution < -0.4 is 0 Å². The van der Waals surface area contributed by atoms with Gasteiger partial charge in [-0.05, 0) is 162 Å². The molecule has 7 aliphatic carbocycles. The van der Waals surface area contributed by atoms with Crippen LogP contribution in [-0.4, -0.2) is 127 Å². The number of phenolic OH excluding ortho intramolecular Hbond substituents is 1. The molecule has 2 aliphatic heterocycles. The Kier molecular flexibility index (Phi) is 14.8. The maximum absolute atomic E-state index is 12.9. The summed E-state index contributed by atoms with van der Waals surface area (Å²) in [6, 6.07) is 4.21. The Labute approximate surface area is 439 Å². The van der Waals surface area contributed by atoms with Crippen molar-refractivity contribution in [3.8, 4) is 5.75 Å². The summed E-state index contributed by atoms with van der Waals surface area (Å²) in [4.78, 5) is 25.3. The lowest BCUT2D eigenvalue weighted by atomic mass is 9.33. The fourth-order valence-electron chi connectivity index (χ4n) is 18.0. The number of carboxylic acids is 1. The number of allylic oxidation sites excluding steroid dienone is 3. The number of carbonyl (C=O) groups excluding carboxylic acids is 1. The third-order valence-electron chi connectivity index (χ3n) is 22.8. The summed E-state index contributed by atoms with van der Waals surface area (Å²) in [5.74, 6) is 1.64. The summed E-state index contributed by atoms with van der Waals surface area (Å²) in [6.07, 6.45) is 2.78. The Morgan fingerprint density at radius 2 is 1.50 bits per heavy atom. The Balaban J connectivity index is 0.000000254. The summed E-state index contributed by atoms with van der Waals surface area (Å²) >= 11 is 0. The van der Waals surface area contributed by atoms with Crippen molar-refractivity contribution in [2.75, 3.05) is 13.2 Å². The first-order valence-electron chi connectivity index (χ1n) is 28.1. The highest BCUT2D eigenvalue weighted by Crippen LogP contribution is 2.75. The zero-order valence-electron chi connectivity index (χ0n) is 45.9. The predicted molar refractivity (Wildman–Crippen MR) is 277 cm³/mol. The number of rotatable bonds is 7. The number of aromatic hydroxyl groups is 1. The van der Waals surface area contributed by atoms with E-state index in [9.17, 15) is 50.4 Å². The van der Waals surface area contributed by atoms with Crippen molar-refractivity contribution in [2.24, 2.45) is 62.1 Å². The van der Waals surface area contributed by atoms with E-state index in [1.807, 2.05) is 6.07 Å². The van der Waals surface area contributed by atoms with Crippen LogP contribution in [0, 0.1) is 62.1 Å². The molecule has 9 aliphatic rings. The molecule has 14 heteroatoms. The highest BCUT2D eigenvalue weighted by Gasteiger charge is 2.70. The van der Waals surface area contributed by atoms with Crippen LogP contribution in [0.15, 0.2) is 36.4 Å². The maximum Gasteiger partial charge on any atom is 0.309 e. The third kappa shape index (κ3) is 8.55. The van der Waals surface area contributed by atoms with Crippen LogP contribution in [-0.2, 0) is 40.4 Å². The first-order valence-corrected chi connectivity index (χ1v) is 28.1. The summed E-state index contributed by atoms with van der Waals surface area (Å²) in [5, 5.41) is 84.1. The number of fused-ring (bicyclic) bond motifs is 10. The van der Waals surface area contributed by atoms with Crippen molar-refractivity contribution in [3.63, 3.8) is 0 Å². The van der Waals surface area contributed by atoms with E-state index in [4.69, 9.17) is 18.9 Å². The Morgan fingerprint density at radius 1 is 0.784 bits per heavy atom. The number of hydrogen-bond acceptors (Lipinski definition) is 13. The highest BCUT2D eigenvalue weighted by atomic mass is 16.7. The number of aliphatic carboxylic acids is 1. The summed E-state index contributed by atoms with van der Waals surface area (Å²) in [5.41, 5.74) is 3.43. The monoisotopic (exact) mass is 1030 g/mol. The van der Waals surface area contributed by atoms with Crippen LogP contribution in [0.4, 0.5) is 0 Å². The minimum atomic E-state index is -1.63. The molecule has 0 amide bonds. The first-order chi connectivity index (χ1) is 34.5. The number of phenols is 1. The van der Waals surface area contributed by atoms with Gasteiger partial charge in [-0.2, -0.15) is 0 Å². The van der Waals surface area contributed by atoms with E-state index >= 15 is 0 Å². The number of aliphatic hydroxyl groups is 6. The molecule has 1 unspecified atom stereocenters. The van der Waals surface area contributed by atoms with E-state index in [0.29, 0.717) is 49.1 Å². The van der Waals surface area contributed by atoms with Crippen molar-refractivity contribution >= 4 is 11.8 Å². The quantitative estimate of drug-likeness (QED) is 0.0970. The van der Waals surface area contributed by atoms with Gasteiger partial charge in [-0.15, -0.1) is 0 Å². The lowest BCUT2D eigenvalue weighted by Gasteiger charge is -2.71. The van der Waals surface area contributed by atoms with Crippen molar-refractivity contribution in [1.82, 2.24) is 0 Å². The summed E-state index contributed by atoms with van der Waals surface area (Å²) in [6.45, 7) is 26.0. The largest absolute Gasteiger partial charge is 0.508 e. The number of hydrogen-bond donors (Lipinski definition) is 8. The number of aryl methyl sites for hydroxylation is 1. The minimum absolute atomic E-state index is 0.0119. The SMILES string of the molecule is C=C1CC[C@]2(C(=O)O)CC[C@]3(C)[C@H](C=C[C@@H]4[C@@]5(C)CCC(O[C@@H]6O[C@H](CO)[C@@H](O)[C@H](O[C@@H]7OC[C@@H](O)[C@H](O)[C@H]7O)[C@H]6O)C(C)(C)[C@@H]5CC[C@]43C)[C@@H]2C1.CC(C)c1cc2c(cc1O)[C@@]1(C)CCC(=O)C(C)(C)[C@@H]1CC2. The fourth-order valence-corrected chi connectivity index (χ4v) is 18.0. The molecule has 1 aromatic carbocycles. The number of carbonyl (C=O) groups is 2. The first kappa shape index (κ1) is 56.0. The number of aliphatic hydroxyl groups excluding tert-OH is 6. The van der Waals surface area contributed by atoms with Crippen LogP contribution in [0.2, 0.25) is 0 Å². The van der Waals surface area contributed by atoms with Crippen molar-refractivity contribution in [3.05, 3.63) is 53.1 Å². The van der Waals surface area contributed by atoms with Crippen molar-refractivity contribution < 1.29 is 69.4 Å². The van der Waals surface area contributed by atoms with Gasteiger partial charge in [-0.1, -0.05) is 99.6 Å². The van der Waals surface area contributed by atoms with Gasteiger partial charge in [-0.25, -0.2) is 0 Å². The smallest absolute Gasteiger partial charge is 0.309 e. The van der Waals surface area contributed by atoms with Gasteiger partial charge in [0, 0.05) is 11.8 Å². The number of ether oxygens (including phenoxy) is 4. The maximum atomic E-state index is 12.9. The molecule has 414 valence electrons. The number of carboxylic acid groups (broad SMARTS) is 1. The second kappa shape index (κ2) is 19.6. The van der Waals surface area contributed by atoms with Crippen LogP contribution >= 0.6 is 0 Å². The van der Waals surface area contributed by atoms with Gasteiger partial charge in [0.05, 0.1) is 24.7 Å². The van der Waals surface area contributed by atoms with Crippen LogP contribution in [0.5, 0.6) is 5.75 Å². The average molecular weight is 1040 g/mol. The Morgan fingerprint density at radius 3 is 2.18 bits per heavy atom. The Hall–Kier alpha value is -2.76. The standard InChI is InChI=1S/C40H62O12.C20H28O2/c1-20-9-14-40(35(47)48)16-15-38(5)21(22(40)17-20)7-8-26-37(4)12-11-27(36(2,3)25(37)10-13-39(26,38)6)51-34-31(46)32(29(44)24(18-41)50-34)52-33-30(45)28(43)23(42)19-49-33;1-12(2)14-10-13-6-7-17-19(3,4)18(22)8-9-20(17,5)15(13)11-16(14)21/h7-8,21-34,41-46H,1,9-19H2,2-6H3,(H,47,48);10-12,17,21H,6-9H2,1-5H3/t21-,22+,23-,24-,25+,26-,27?,28+,29-,30-,31-,32+,33+,34+,37+,38-,39-,40+;17-,20+/m10/s1. The molecule has 20 atom stereocenters. The average Bonchev–Trinajstić information content (AvgIpc) is 3.33. The van der Waals surface area contributed by atoms with E-state index in [2.05, 4.69) is 94.0 Å². The molecule has 1 aromatic rings. The van der Waals surface area contributed by atoms with E-state index in [-0.39, 0.29) is 68.9 Å². The van der Waals surface area contributed by atoms with E-state index in [1.165, 1.54) is 16.7 Å². The molecule has 10 rings (SSSR count). The zero-order valence-corrected chi connectivity index (χ0v) is 45.9. The lowest BCUT2D eigenvalue weighted by molar-refractivity contribution is -0.361. The van der Waals surface area contributed by atoms with Crippen molar-refractivity contribution in [1.29, 1.82) is 0 Å². The van der Waals surface area contributed by atoms with E-state index in [0.717, 1.165) is 63.4 Å². The number of benzene rings is 1. The zero-order chi connectivity index (χ0) is 54.0. The van der Waals surface area contributed by atoms with Gasteiger partial charge in [-0.3, -0.25) is 9.59 Å². The van der Waals surface area contributed by atoms with Gasteiger partial charge in [0.15, 0.2) is 12.6 Å². The molecule has 0 aromatic heterocycles. The lowest BCUT2D eigenvalue weighted by Crippen LogP contribution is -2.67. The van der Waals surface area contributed by atoms with Crippen molar-refractivity contribution in [2.45, 2.75) is 225 Å². The molecule has 8 N–H and O–H groups in total. The molecule has 2 heterocycles. The molecule has 2 saturated heterocycles. The topological polar surface area (TPSA) is 233 Å². The summed E-state index contributed by atoms with van der Waals surface area (Å²) < 4.78 is 23.8. The van der Waals surface area contributed by atoms with Gasteiger partial charge in [0.2, 0.25) is 0 Å². The summed E-state index contributed by atoms with van der Waals surface area (Å²) in [7, 11) is 0. The molecule has 0 bridgehead atoms. The Bertz CT molecular complexity index is 2340.